The van der Waals surface area contributed by atoms with E-state index in [2.05, 4.69) is 15.4 Å². The van der Waals surface area contributed by atoms with Crippen LogP contribution < -0.4 is 15.4 Å². The van der Waals surface area contributed by atoms with Gasteiger partial charge in [-0.3, -0.25) is 4.79 Å². The lowest BCUT2D eigenvalue weighted by Gasteiger charge is -2.21. The third-order valence-corrected chi connectivity index (χ3v) is 5.50. The molecule has 2 amide bonds. The Kier molecular flexibility index (Phi) is 9.40. The molecule has 1 atom stereocenters. The lowest BCUT2D eigenvalue weighted by Crippen LogP contribution is -2.44. The summed E-state index contributed by atoms with van der Waals surface area (Å²) in [5, 5.41) is 5.52. The minimum atomic E-state index is -3.66. The molecule has 158 valence electrons. The largest absolute Gasteiger partial charge is 0.450 e. The first kappa shape index (κ1) is 23.9. The van der Waals surface area contributed by atoms with Gasteiger partial charge in [0.2, 0.25) is 10.0 Å². The minimum Gasteiger partial charge on any atom is -0.450 e. The number of ether oxygens (including phenoxy) is 1. The highest BCUT2D eigenvalue weighted by Crippen LogP contribution is 2.16. The molecule has 8 nitrogen and oxygen atoms in total. The first-order valence-electron chi connectivity index (χ1n) is 9.42. The Morgan fingerprint density at radius 2 is 1.86 bits per heavy atom. The van der Waals surface area contributed by atoms with Crippen molar-refractivity contribution in [3.63, 3.8) is 0 Å². The van der Waals surface area contributed by atoms with E-state index in [1.165, 1.54) is 12.1 Å². The Morgan fingerprint density at radius 1 is 1.18 bits per heavy atom. The lowest BCUT2D eigenvalue weighted by molar-refractivity contribution is 0.0943. The van der Waals surface area contributed by atoms with Crippen LogP contribution in [0, 0.1) is 12.8 Å². The number of rotatable bonds is 10. The van der Waals surface area contributed by atoms with E-state index in [-0.39, 0.29) is 36.2 Å². The summed E-state index contributed by atoms with van der Waals surface area (Å²) in [4.78, 5) is 24.4. The van der Waals surface area contributed by atoms with Crippen LogP contribution in [0.5, 0.6) is 0 Å². The standard InChI is InChI=1S/C19H31N3O5S/c1-6-21-28(25,26)16-9-8-14(5)17(11-16)18(23)20-12-15(10-13(3)4)22-19(24)27-7-2/h8-9,11,13,15,21H,6-7,10,12H2,1-5H3,(H,20,23)(H,22,24). The number of sulfonamides is 1. The van der Waals surface area contributed by atoms with Gasteiger partial charge in [0.1, 0.15) is 0 Å². The maximum atomic E-state index is 12.6. The van der Waals surface area contributed by atoms with Crippen LogP contribution in [0.3, 0.4) is 0 Å². The molecule has 0 aliphatic carbocycles. The summed E-state index contributed by atoms with van der Waals surface area (Å²) in [5.74, 6) is -0.0929. The van der Waals surface area contributed by atoms with Gasteiger partial charge in [-0.25, -0.2) is 17.9 Å². The highest BCUT2D eigenvalue weighted by atomic mass is 32.2. The van der Waals surface area contributed by atoms with E-state index in [4.69, 9.17) is 4.74 Å². The van der Waals surface area contributed by atoms with E-state index in [0.717, 1.165) is 0 Å². The van der Waals surface area contributed by atoms with Gasteiger partial charge in [-0.2, -0.15) is 0 Å². The molecule has 0 fully saturated rings. The van der Waals surface area contributed by atoms with E-state index < -0.39 is 22.0 Å². The molecule has 0 radical (unpaired) electrons. The van der Waals surface area contributed by atoms with Crippen LogP contribution in [-0.2, 0) is 14.8 Å². The number of carbonyl (C=O) groups excluding carboxylic acids is 2. The molecule has 1 unspecified atom stereocenters. The number of amides is 2. The SMILES string of the molecule is CCNS(=O)(=O)c1ccc(C)c(C(=O)NCC(CC(C)C)NC(=O)OCC)c1. The molecule has 1 aromatic rings. The number of nitrogens with one attached hydrogen (secondary N) is 3. The Hall–Kier alpha value is -2.13. The van der Waals surface area contributed by atoms with Crippen LogP contribution in [0.2, 0.25) is 0 Å². The van der Waals surface area contributed by atoms with Gasteiger partial charge in [0.15, 0.2) is 0 Å². The van der Waals surface area contributed by atoms with Crippen molar-refractivity contribution in [2.45, 2.75) is 52.0 Å². The second kappa shape index (κ2) is 11.0. The van der Waals surface area contributed by atoms with Crippen molar-refractivity contribution in [1.29, 1.82) is 0 Å². The highest BCUT2D eigenvalue weighted by Gasteiger charge is 2.19. The van der Waals surface area contributed by atoms with Crippen molar-refractivity contribution in [3.8, 4) is 0 Å². The Morgan fingerprint density at radius 3 is 2.43 bits per heavy atom. The van der Waals surface area contributed by atoms with Crippen molar-refractivity contribution in [3.05, 3.63) is 29.3 Å². The first-order chi connectivity index (χ1) is 13.1. The fourth-order valence-electron chi connectivity index (χ4n) is 2.70. The van der Waals surface area contributed by atoms with Crippen molar-refractivity contribution >= 4 is 22.0 Å². The molecule has 0 heterocycles. The van der Waals surface area contributed by atoms with Crippen LogP contribution in [0.15, 0.2) is 23.1 Å². The Bertz CT molecular complexity index is 778. The van der Waals surface area contributed by atoms with Gasteiger partial charge in [0.25, 0.3) is 5.91 Å². The van der Waals surface area contributed by atoms with E-state index in [1.807, 2.05) is 13.8 Å². The maximum absolute atomic E-state index is 12.6. The average molecular weight is 414 g/mol. The van der Waals surface area contributed by atoms with E-state index in [9.17, 15) is 18.0 Å². The quantitative estimate of drug-likeness (QED) is 0.544. The smallest absolute Gasteiger partial charge is 0.407 e. The van der Waals surface area contributed by atoms with E-state index in [1.54, 1.807) is 26.8 Å². The molecule has 0 saturated carbocycles. The third-order valence-electron chi connectivity index (χ3n) is 3.96. The molecule has 3 N–H and O–H groups in total. The molecule has 0 aliphatic rings. The normalized spacial score (nSPS) is 12.5. The van der Waals surface area contributed by atoms with Crippen LogP contribution in [0.4, 0.5) is 4.79 Å². The predicted octanol–water partition coefficient (Wildman–Crippen LogP) is 2.18. The maximum Gasteiger partial charge on any atom is 0.407 e. The van der Waals surface area contributed by atoms with Crippen molar-refractivity contribution < 1.29 is 22.7 Å². The van der Waals surface area contributed by atoms with E-state index in [0.29, 0.717) is 17.9 Å². The Labute approximate surface area is 167 Å². The molecule has 9 heteroatoms. The zero-order chi connectivity index (χ0) is 21.3. The third kappa shape index (κ3) is 7.47. The van der Waals surface area contributed by atoms with Crippen LogP contribution in [-0.4, -0.2) is 46.2 Å². The van der Waals surface area contributed by atoms with Gasteiger partial charge in [-0.05, 0) is 43.9 Å². The number of benzene rings is 1. The summed E-state index contributed by atoms with van der Waals surface area (Å²) < 4.78 is 31.7. The summed E-state index contributed by atoms with van der Waals surface area (Å²) in [6.07, 6.45) is 0.129. The molecular formula is C19H31N3O5S. The molecule has 0 aromatic heterocycles. The summed E-state index contributed by atoms with van der Waals surface area (Å²) in [6.45, 7) is 9.90. The molecular weight excluding hydrogens is 382 g/mol. The molecule has 1 rings (SSSR count). The fourth-order valence-corrected chi connectivity index (χ4v) is 3.77. The van der Waals surface area contributed by atoms with Crippen molar-refractivity contribution in [2.75, 3.05) is 19.7 Å². The van der Waals surface area contributed by atoms with Crippen LogP contribution in [0.25, 0.3) is 0 Å². The highest BCUT2D eigenvalue weighted by molar-refractivity contribution is 7.89. The molecule has 0 spiro atoms. The number of hydrogen-bond donors (Lipinski definition) is 3. The van der Waals surface area contributed by atoms with Gasteiger partial charge in [-0.15, -0.1) is 0 Å². The molecule has 28 heavy (non-hydrogen) atoms. The monoisotopic (exact) mass is 413 g/mol. The number of carbonyl (C=O) groups is 2. The minimum absolute atomic E-state index is 0.0356. The molecule has 0 saturated heterocycles. The van der Waals surface area contributed by atoms with Crippen molar-refractivity contribution in [1.82, 2.24) is 15.4 Å². The van der Waals surface area contributed by atoms with Crippen LogP contribution >= 0.6 is 0 Å². The fraction of sp³-hybridized carbons (Fsp3) is 0.579. The lowest BCUT2D eigenvalue weighted by atomic mass is 10.0. The Balaban J connectivity index is 2.91. The zero-order valence-electron chi connectivity index (χ0n) is 17.2. The summed E-state index contributed by atoms with van der Waals surface area (Å²) in [7, 11) is -3.66. The predicted molar refractivity (Wildman–Crippen MR) is 108 cm³/mol. The van der Waals surface area contributed by atoms with Gasteiger partial charge in [-0.1, -0.05) is 26.8 Å². The van der Waals surface area contributed by atoms with Gasteiger partial charge >= 0.3 is 6.09 Å². The second-order valence-electron chi connectivity index (χ2n) is 6.88. The average Bonchev–Trinajstić information content (AvgIpc) is 2.59. The summed E-state index contributed by atoms with van der Waals surface area (Å²) in [6, 6.07) is 4.13. The number of hydrogen-bond acceptors (Lipinski definition) is 5. The summed E-state index contributed by atoms with van der Waals surface area (Å²) >= 11 is 0. The topological polar surface area (TPSA) is 114 Å². The molecule has 0 aliphatic heterocycles. The van der Waals surface area contributed by atoms with Gasteiger partial charge in [0.05, 0.1) is 11.5 Å². The van der Waals surface area contributed by atoms with Crippen molar-refractivity contribution in [2.24, 2.45) is 5.92 Å². The zero-order valence-corrected chi connectivity index (χ0v) is 18.0. The number of aryl methyl sites for hydroxylation is 1. The van der Waals surface area contributed by atoms with Crippen LogP contribution in [0.1, 0.15) is 50.0 Å². The van der Waals surface area contributed by atoms with E-state index >= 15 is 0 Å². The van der Waals surface area contributed by atoms with Gasteiger partial charge in [0, 0.05) is 24.7 Å². The molecule has 1 aromatic carbocycles. The second-order valence-corrected chi connectivity index (χ2v) is 8.65. The molecule has 0 bridgehead atoms. The number of alkyl carbamates (subject to hydrolysis) is 1. The first-order valence-corrected chi connectivity index (χ1v) is 10.9. The summed E-state index contributed by atoms with van der Waals surface area (Å²) in [5.41, 5.74) is 0.935. The van der Waals surface area contributed by atoms with Gasteiger partial charge < -0.3 is 15.4 Å².